The molecule has 0 spiro atoms. The number of carboxylic acids is 2. The average Bonchev–Trinajstić information content (AvgIpc) is 2.30. The van der Waals surface area contributed by atoms with E-state index < -0.39 is 11.9 Å². The summed E-state index contributed by atoms with van der Waals surface area (Å²) in [5.41, 5.74) is -0.340. The molecule has 5 nitrogen and oxygen atoms in total. The lowest BCUT2D eigenvalue weighted by molar-refractivity contribution is 0.0696. The summed E-state index contributed by atoms with van der Waals surface area (Å²) in [5.74, 6) is -2.90. The van der Waals surface area contributed by atoms with Crippen LogP contribution in [0.5, 0.6) is 0 Å². The van der Waals surface area contributed by atoms with Crippen LogP contribution in [0.1, 0.15) is 51.8 Å². The molecule has 1 aromatic rings. The number of benzene rings is 1. The Labute approximate surface area is 98.7 Å². The molecule has 1 rings (SSSR count). The highest BCUT2D eigenvalue weighted by Crippen LogP contribution is 2.11. The lowest BCUT2D eigenvalue weighted by atomic mass is 10.0. The fraction of sp³-hybridized carbons (Fsp3) is 0.250. The van der Waals surface area contributed by atoms with Crippen LogP contribution in [0.15, 0.2) is 18.2 Å². The maximum Gasteiger partial charge on any atom is 0.335 e. The number of aromatic carboxylic acids is 2. The van der Waals surface area contributed by atoms with Crippen molar-refractivity contribution in [1.82, 2.24) is 0 Å². The highest BCUT2D eigenvalue weighted by Gasteiger charge is 2.12. The van der Waals surface area contributed by atoms with Gasteiger partial charge in [-0.3, -0.25) is 4.79 Å². The van der Waals surface area contributed by atoms with Crippen molar-refractivity contribution in [3.8, 4) is 0 Å². The van der Waals surface area contributed by atoms with Gasteiger partial charge in [-0.1, -0.05) is 13.8 Å². The van der Waals surface area contributed by atoms with Gasteiger partial charge >= 0.3 is 11.9 Å². The average molecular weight is 238 g/mol. The molecule has 1 aromatic carbocycles. The molecule has 0 aliphatic heterocycles. The number of carbonyl (C=O) groups excluding carboxylic acids is 1. The van der Waals surface area contributed by atoms with Crippen molar-refractivity contribution < 1.29 is 24.6 Å². The molecule has 0 bridgehead atoms. The minimum Gasteiger partial charge on any atom is -0.478 e. The first-order chi connectivity index (χ1) is 7.91. The van der Waals surface area contributed by atoms with Crippen molar-refractivity contribution in [2.75, 3.05) is 0 Å². The summed E-state index contributed by atoms with van der Waals surface area (Å²) >= 11 is 0. The van der Waals surface area contributed by atoms with E-state index in [4.69, 9.17) is 10.2 Å². The van der Waals surface area contributed by atoms with E-state index in [9.17, 15) is 14.4 Å². The van der Waals surface area contributed by atoms with Gasteiger partial charge in [0.15, 0.2) is 5.78 Å². The Bertz CT molecular complexity index is 369. The smallest absolute Gasteiger partial charge is 0.335 e. The Kier molecular flexibility index (Phi) is 5.60. The van der Waals surface area contributed by atoms with Crippen molar-refractivity contribution in [1.29, 1.82) is 0 Å². The standard InChI is InChI=1S/C10H8O5.C2H6/c1-5(11)6-2-7(9(12)13)4-8(3-6)10(14)15;1-2/h2-4H,1H3,(H,12,13)(H,14,15);1-2H3. The highest BCUT2D eigenvalue weighted by molar-refractivity contribution is 6.01. The second kappa shape index (κ2) is 6.42. The fourth-order valence-corrected chi connectivity index (χ4v) is 1.08. The minimum absolute atomic E-state index is 0.0762. The van der Waals surface area contributed by atoms with E-state index in [0.29, 0.717) is 0 Å². The topological polar surface area (TPSA) is 91.7 Å². The second-order valence-electron chi connectivity index (χ2n) is 2.97. The van der Waals surface area contributed by atoms with Crippen LogP contribution in [0.25, 0.3) is 0 Å². The van der Waals surface area contributed by atoms with Gasteiger partial charge in [0.05, 0.1) is 11.1 Å². The quantitative estimate of drug-likeness (QED) is 0.788. The number of Topliss-reactive ketones (excluding diaryl/α,β-unsaturated/α-hetero) is 1. The van der Waals surface area contributed by atoms with Gasteiger partial charge in [0, 0.05) is 5.56 Å². The Morgan fingerprint density at radius 3 is 1.35 bits per heavy atom. The van der Waals surface area contributed by atoms with E-state index in [-0.39, 0.29) is 22.5 Å². The maximum absolute atomic E-state index is 11.0. The molecule has 0 heterocycles. The van der Waals surface area contributed by atoms with Crippen LogP contribution < -0.4 is 0 Å². The number of ketones is 1. The van der Waals surface area contributed by atoms with E-state index in [1.54, 1.807) is 0 Å². The van der Waals surface area contributed by atoms with Crippen molar-refractivity contribution in [3.05, 3.63) is 34.9 Å². The van der Waals surface area contributed by atoms with E-state index in [1.165, 1.54) is 6.92 Å². The van der Waals surface area contributed by atoms with E-state index in [2.05, 4.69) is 0 Å². The Balaban J connectivity index is 0.00000121. The fourth-order valence-electron chi connectivity index (χ4n) is 1.08. The van der Waals surface area contributed by atoms with Crippen LogP contribution >= 0.6 is 0 Å². The molecule has 0 saturated heterocycles. The molecule has 2 N–H and O–H groups in total. The summed E-state index contributed by atoms with van der Waals surface area (Å²) in [6.45, 7) is 5.24. The monoisotopic (exact) mass is 238 g/mol. The molecule has 0 amide bonds. The molecule has 5 heteroatoms. The lowest BCUT2D eigenvalue weighted by Gasteiger charge is -2.01. The molecule has 0 radical (unpaired) electrons. The summed E-state index contributed by atoms with van der Waals surface area (Å²) in [6.07, 6.45) is 0. The summed E-state index contributed by atoms with van der Waals surface area (Å²) in [6, 6.07) is 3.31. The normalized spacial score (nSPS) is 8.88. The second-order valence-corrected chi connectivity index (χ2v) is 2.97. The number of hydrogen-bond acceptors (Lipinski definition) is 3. The summed E-state index contributed by atoms with van der Waals surface area (Å²) in [4.78, 5) is 32.3. The first kappa shape index (κ1) is 14.8. The molecule has 0 aliphatic rings. The molecule has 0 aromatic heterocycles. The van der Waals surface area contributed by atoms with E-state index in [0.717, 1.165) is 18.2 Å². The van der Waals surface area contributed by atoms with E-state index >= 15 is 0 Å². The van der Waals surface area contributed by atoms with Gasteiger partial charge in [0.2, 0.25) is 0 Å². The predicted octanol–water partition coefficient (Wildman–Crippen LogP) is 2.31. The molecule has 17 heavy (non-hydrogen) atoms. The third kappa shape index (κ3) is 4.06. The minimum atomic E-state index is -1.26. The number of carboxylic acid groups (broad SMARTS) is 2. The zero-order valence-electron chi connectivity index (χ0n) is 9.85. The van der Waals surface area contributed by atoms with Gasteiger partial charge in [-0.15, -0.1) is 0 Å². The van der Waals surface area contributed by atoms with Crippen LogP contribution in [0.4, 0.5) is 0 Å². The van der Waals surface area contributed by atoms with Gasteiger partial charge in [-0.2, -0.15) is 0 Å². The van der Waals surface area contributed by atoms with Crippen LogP contribution in [0.2, 0.25) is 0 Å². The van der Waals surface area contributed by atoms with Crippen molar-refractivity contribution in [2.45, 2.75) is 20.8 Å². The molecule has 0 atom stereocenters. The van der Waals surface area contributed by atoms with Gasteiger partial charge < -0.3 is 10.2 Å². The molecule has 0 aliphatic carbocycles. The van der Waals surface area contributed by atoms with Gasteiger partial charge in [-0.25, -0.2) is 9.59 Å². The van der Waals surface area contributed by atoms with Gasteiger partial charge in [-0.05, 0) is 25.1 Å². The van der Waals surface area contributed by atoms with Crippen LogP contribution in [-0.4, -0.2) is 27.9 Å². The molecule has 92 valence electrons. The zero-order chi connectivity index (χ0) is 13.6. The highest BCUT2D eigenvalue weighted by atomic mass is 16.4. The summed E-state index contributed by atoms with van der Waals surface area (Å²) < 4.78 is 0. The molecular weight excluding hydrogens is 224 g/mol. The van der Waals surface area contributed by atoms with Gasteiger partial charge in [0.1, 0.15) is 0 Å². The Morgan fingerprint density at radius 1 is 0.824 bits per heavy atom. The molecular formula is C12H14O5. The largest absolute Gasteiger partial charge is 0.478 e. The van der Waals surface area contributed by atoms with Crippen LogP contribution in [0.3, 0.4) is 0 Å². The molecule has 0 unspecified atom stereocenters. The van der Waals surface area contributed by atoms with Crippen LogP contribution in [-0.2, 0) is 0 Å². The summed E-state index contributed by atoms with van der Waals surface area (Å²) in [5, 5.41) is 17.4. The third-order valence-electron chi connectivity index (χ3n) is 1.83. The molecule has 0 fully saturated rings. The van der Waals surface area contributed by atoms with Crippen molar-refractivity contribution >= 4 is 17.7 Å². The first-order valence-electron chi connectivity index (χ1n) is 5.04. The number of carbonyl (C=O) groups is 3. The molecule has 0 saturated carbocycles. The SMILES string of the molecule is CC.CC(=O)c1cc(C(=O)O)cc(C(=O)O)c1. The first-order valence-corrected chi connectivity index (χ1v) is 5.04. The third-order valence-corrected chi connectivity index (χ3v) is 1.83. The summed E-state index contributed by atoms with van der Waals surface area (Å²) in [7, 11) is 0. The van der Waals surface area contributed by atoms with Gasteiger partial charge in [0.25, 0.3) is 0 Å². The Morgan fingerprint density at radius 2 is 1.12 bits per heavy atom. The Hall–Kier alpha value is -2.17. The maximum atomic E-state index is 11.0. The van der Waals surface area contributed by atoms with Crippen LogP contribution in [0, 0.1) is 0 Å². The number of rotatable bonds is 3. The van der Waals surface area contributed by atoms with E-state index in [1.807, 2.05) is 13.8 Å². The predicted molar refractivity (Wildman–Crippen MR) is 61.7 cm³/mol. The number of hydrogen-bond donors (Lipinski definition) is 2. The van der Waals surface area contributed by atoms with Crippen molar-refractivity contribution in [2.24, 2.45) is 0 Å². The zero-order valence-corrected chi connectivity index (χ0v) is 9.85. The lowest BCUT2D eigenvalue weighted by Crippen LogP contribution is -2.05. The van der Waals surface area contributed by atoms with Crippen molar-refractivity contribution in [3.63, 3.8) is 0 Å².